The van der Waals surface area contributed by atoms with Crippen LogP contribution in [0.15, 0.2) is 53.6 Å². The number of likely N-dealkylation sites (tertiary alicyclic amines) is 1. The highest BCUT2D eigenvalue weighted by Crippen LogP contribution is 2.45. The smallest absolute Gasteiger partial charge is 0.219 e. The van der Waals surface area contributed by atoms with Crippen LogP contribution in [0.1, 0.15) is 18.5 Å². The van der Waals surface area contributed by atoms with Gasteiger partial charge >= 0.3 is 0 Å². The molecule has 3 atom stereocenters. The third-order valence-electron chi connectivity index (χ3n) is 5.45. The van der Waals surface area contributed by atoms with Crippen molar-refractivity contribution in [3.8, 4) is 0 Å². The van der Waals surface area contributed by atoms with Gasteiger partial charge in [-0.15, -0.1) is 11.8 Å². The fourth-order valence-electron chi connectivity index (χ4n) is 4.33. The number of hydrogen-bond donors (Lipinski definition) is 0. The highest BCUT2D eigenvalue weighted by atomic mass is 32.2. The zero-order valence-corrected chi connectivity index (χ0v) is 15.4. The van der Waals surface area contributed by atoms with Gasteiger partial charge in [0.1, 0.15) is 5.82 Å². The molecule has 2 aliphatic heterocycles. The lowest BCUT2D eigenvalue weighted by atomic mass is 9.89. The topological polar surface area (TPSA) is 36.4 Å². The van der Waals surface area contributed by atoms with Crippen LogP contribution in [0.5, 0.6) is 0 Å². The Kier molecular flexibility index (Phi) is 4.42. The van der Waals surface area contributed by atoms with E-state index in [-0.39, 0.29) is 11.9 Å². The largest absolute Gasteiger partial charge is 0.356 e. The van der Waals surface area contributed by atoms with Gasteiger partial charge in [-0.25, -0.2) is 4.98 Å². The number of amides is 1. The fraction of sp³-hybridized carbons (Fsp3) is 0.400. The summed E-state index contributed by atoms with van der Waals surface area (Å²) in [4.78, 5) is 21.4. The van der Waals surface area contributed by atoms with E-state index in [4.69, 9.17) is 4.98 Å². The third kappa shape index (κ3) is 3.01. The number of carbonyl (C=O) groups is 1. The van der Waals surface area contributed by atoms with Crippen LogP contribution >= 0.6 is 11.8 Å². The second-order valence-electron chi connectivity index (χ2n) is 6.89. The molecule has 2 saturated heterocycles. The van der Waals surface area contributed by atoms with Gasteiger partial charge in [0, 0.05) is 38.4 Å². The van der Waals surface area contributed by atoms with Gasteiger partial charge in [0.05, 0.1) is 11.1 Å². The number of aromatic nitrogens is 1. The van der Waals surface area contributed by atoms with Crippen molar-refractivity contribution in [1.82, 2.24) is 9.88 Å². The number of hydrogen-bond acceptors (Lipinski definition) is 4. The summed E-state index contributed by atoms with van der Waals surface area (Å²) < 4.78 is 0. The van der Waals surface area contributed by atoms with Crippen LogP contribution in [0.25, 0.3) is 0 Å². The van der Waals surface area contributed by atoms with Gasteiger partial charge in [-0.3, -0.25) is 4.79 Å². The van der Waals surface area contributed by atoms with Crippen LogP contribution in [0.2, 0.25) is 0 Å². The maximum Gasteiger partial charge on any atom is 0.219 e. The van der Waals surface area contributed by atoms with E-state index in [1.807, 2.05) is 6.07 Å². The first-order chi connectivity index (χ1) is 12.2. The molecule has 1 aromatic heterocycles. The van der Waals surface area contributed by atoms with Crippen molar-refractivity contribution in [2.45, 2.75) is 18.0 Å². The number of thioether (sulfide) groups is 1. The molecule has 4 nitrogen and oxygen atoms in total. The van der Waals surface area contributed by atoms with Crippen LogP contribution < -0.4 is 4.90 Å². The fourth-order valence-corrected chi connectivity index (χ4v) is 4.73. The lowest BCUT2D eigenvalue weighted by Crippen LogP contribution is -2.34. The van der Waals surface area contributed by atoms with E-state index in [2.05, 4.69) is 58.5 Å². The van der Waals surface area contributed by atoms with Gasteiger partial charge in [0.15, 0.2) is 0 Å². The van der Waals surface area contributed by atoms with Crippen molar-refractivity contribution in [2.24, 2.45) is 11.8 Å². The second kappa shape index (κ2) is 6.71. The number of benzene rings is 1. The molecular formula is C20H23N3OS. The Hall–Kier alpha value is -2.01. The molecule has 1 amide bonds. The molecule has 2 fully saturated rings. The van der Waals surface area contributed by atoms with E-state index in [9.17, 15) is 4.79 Å². The van der Waals surface area contributed by atoms with Gasteiger partial charge in [0.2, 0.25) is 5.91 Å². The quantitative estimate of drug-likeness (QED) is 0.792. The van der Waals surface area contributed by atoms with Crippen LogP contribution in [-0.4, -0.2) is 41.7 Å². The highest BCUT2D eigenvalue weighted by Gasteiger charge is 2.48. The van der Waals surface area contributed by atoms with E-state index < -0.39 is 0 Å². The first-order valence-corrected chi connectivity index (χ1v) is 9.98. The first kappa shape index (κ1) is 16.5. The molecule has 3 heterocycles. The number of anilines is 1. The predicted molar refractivity (Wildman–Crippen MR) is 102 cm³/mol. The molecular weight excluding hydrogens is 330 g/mol. The number of fused-ring (bicyclic) bond motifs is 1. The molecule has 130 valence electrons. The SMILES string of the molecule is CSc1cccc(N2C[C@@H]3CN(C(C)=O)[C@H](c4ccccc4)[C@@H]3C2)n1. The molecule has 4 rings (SSSR count). The molecule has 5 heteroatoms. The summed E-state index contributed by atoms with van der Waals surface area (Å²) in [7, 11) is 0. The summed E-state index contributed by atoms with van der Waals surface area (Å²) >= 11 is 1.67. The van der Waals surface area contributed by atoms with Crippen molar-refractivity contribution >= 4 is 23.5 Å². The van der Waals surface area contributed by atoms with E-state index in [0.29, 0.717) is 11.8 Å². The predicted octanol–water partition coefficient (Wildman–Crippen LogP) is 3.46. The average molecular weight is 353 g/mol. The average Bonchev–Trinajstić information content (AvgIpc) is 3.20. The molecule has 25 heavy (non-hydrogen) atoms. The van der Waals surface area contributed by atoms with Crippen molar-refractivity contribution in [3.63, 3.8) is 0 Å². The minimum absolute atomic E-state index is 0.178. The van der Waals surface area contributed by atoms with Gasteiger partial charge in [-0.1, -0.05) is 36.4 Å². The van der Waals surface area contributed by atoms with Crippen molar-refractivity contribution in [1.29, 1.82) is 0 Å². The number of rotatable bonds is 3. The van der Waals surface area contributed by atoms with Crippen LogP contribution in [0, 0.1) is 11.8 Å². The Balaban J connectivity index is 1.61. The van der Waals surface area contributed by atoms with Crippen LogP contribution in [-0.2, 0) is 4.79 Å². The Labute approximate surface area is 153 Å². The van der Waals surface area contributed by atoms with Gasteiger partial charge < -0.3 is 9.80 Å². The van der Waals surface area contributed by atoms with Crippen molar-refractivity contribution < 1.29 is 4.79 Å². The van der Waals surface area contributed by atoms with Gasteiger partial charge in [-0.2, -0.15) is 0 Å². The Morgan fingerprint density at radius 2 is 1.88 bits per heavy atom. The summed E-state index contributed by atoms with van der Waals surface area (Å²) in [5.41, 5.74) is 1.25. The Morgan fingerprint density at radius 3 is 2.60 bits per heavy atom. The minimum atomic E-state index is 0.178. The van der Waals surface area contributed by atoms with Crippen molar-refractivity contribution in [2.75, 3.05) is 30.8 Å². The molecule has 0 radical (unpaired) electrons. The summed E-state index contributed by atoms with van der Waals surface area (Å²) in [6.07, 6.45) is 2.06. The Morgan fingerprint density at radius 1 is 1.08 bits per heavy atom. The molecule has 1 aromatic carbocycles. The molecule has 0 N–H and O–H groups in total. The van der Waals surface area contributed by atoms with E-state index in [1.165, 1.54) is 5.56 Å². The lowest BCUT2D eigenvalue weighted by molar-refractivity contribution is -0.130. The summed E-state index contributed by atoms with van der Waals surface area (Å²) in [6, 6.07) is 16.9. The third-order valence-corrected chi connectivity index (χ3v) is 6.10. The Bertz CT molecular complexity index is 767. The van der Waals surface area contributed by atoms with Crippen LogP contribution in [0.4, 0.5) is 5.82 Å². The zero-order chi connectivity index (χ0) is 17.4. The normalized spacial score (nSPS) is 25.3. The maximum absolute atomic E-state index is 12.2. The number of nitrogens with zero attached hydrogens (tertiary/aromatic N) is 3. The van der Waals surface area contributed by atoms with Crippen molar-refractivity contribution in [3.05, 3.63) is 54.1 Å². The van der Waals surface area contributed by atoms with E-state index >= 15 is 0 Å². The lowest BCUT2D eigenvalue weighted by Gasteiger charge is -2.29. The molecule has 0 unspecified atom stereocenters. The minimum Gasteiger partial charge on any atom is -0.356 e. The first-order valence-electron chi connectivity index (χ1n) is 8.75. The molecule has 0 bridgehead atoms. The molecule has 2 aromatic rings. The molecule has 2 aliphatic rings. The standard InChI is InChI=1S/C20H23N3OS/c1-14(24)23-12-16-11-22(18-9-6-10-19(21-18)25-2)13-17(16)20(23)15-7-4-3-5-8-15/h3-10,16-17,20H,11-13H2,1-2H3/t16-,17-,20-/m1/s1. The second-order valence-corrected chi connectivity index (χ2v) is 7.72. The zero-order valence-electron chi connectivity index (χ0n) is 14.6. The number of carbonyl (C=O) groups excluding carboxylic acids is 1. The molecule has 0 spiro atoms. The van der Waals surface area contributed by atoms with Crippen LogP contribution in [0.3, 0.4) is 0 Å². The summed E-state index contributed by atoms with van der Waals surface area (Å²) in [5, 5.41) is 1.06. The van der Waals surface area contributed by atoms with Gasteiger partial charge in [0.25, 0.3) is 0 Å². The number of pyridine rings is 1. The molecule has 0 saturated carbocycles. The highest BCUT2D eigenvalue weighted by molar-refractivity contribution is 7.98. The summed E-state index contributed by atoms with van der Waals surface area (Å²) in [6.45, 7) is 4.47. The maximum atomic E-state index is 12.2. The van der Waals surface area contributed by atoms with E-state index in [1.54, 1.807) is 18.7 Å². The monoisotopic (exact) mass is 353 g/mol. The summed E-state index contributed by atoms with van der Waals surface area (Å²) in [5.74, 6) is 2.21. The van der Waals surface area contributed by atoms with E-state index in [0.717, 1.165) is 30.5 Å². The molecule has 0 aliphatic carbocycles. The van der Waals surface area contributed by atoms with Gasteiger partial charge in [-0.05, 0) is 24.0 Å².